The van der Waals surface area contributed by atoms with Gasteiger partial charge < -0.3 is 0 Å². The van der Waals surface area contributed by atoms with Crippen molar-refractivity contribution in [2.75, 3.05) is 0 Å². The Bertz CT molecular complexity index is 600. The molecule has 0 radical (unpaired) electrons. The monoisotopic (exact) mass is 253 g/mol. The van der Waals surface area contributed by atoms with Crippen LogP contribution in [-0.2, 0) is 0 Å². The van der Waals surface area contributed by atoms with E-state index in [2.05, 4.69) is 16.0 Å². The molecule has 3 nitrogen and oxygen atoms in total. The third kappa shape index (κ3) is 2.36. The summed E-state index contributed by atoms with van der Waals surface area (Å²) in [5, 5.41) is 9.74. The number of nitriles is 1. The van der Waals surface area contributed by atoms with Crippen LogP contribution in [0.1, 0.15) is 18.5 Å². The Labute approximate surface area is 110 Å². The van der Waals surface area contributed by atoms with E-state index in [4.69, 9.17) is 5.26 Å². The maximum absolute atomic E-state index is 9.07. The molecule has 0 N–H and O–H groups in total. The van der Waals surface area contributed by atoms with Crippen molar-refractivity contribution in [1.29, 1.82) is 5.26 Å². The van der Waals surface area contributed by atoms with Gasteiger partial charge in [-0.15, -0.1) is 11.8 Å². The zero-order valence-electron chi connectivity index (χ0n) is 9.71. The molecule has 0 spiro atoms. The summed E-state index contributed by atoms with van der Waals surface area (Å²) >= 11 is 1.76. The van der Waals surface area contributed by atoms with Crippen LogP contribution in [-0.4, -0.2) is 15.2 Å². The molecule has 1 aliphatic carbocycles. The molecule has 0 bridgehead atoms. The van der Waals surface area contributed by atoms with Gasteiger partial charge in [-0.1, -0.05) is 6.07 Å². The summed E-state index contributed by atoms with van der Waals surface area (Å²) in [6.45, 7) is 0. The van der Waals surface area contributed by atoms with E-state index in [1.165, 1.54) is 12.8 Å². The third-order valence-electron chi connectivity index (χ3n) is 2.74. The third-order valence-corrected chi connectivity index (χ3v) is 4.11. The van der Waals surface area contributed by atoms with Crippen LogP contribution in [0, 0.1) is 11.3 Å². The van der Waals surface area contributed by atoms with Crippen LogP contribution < -0.4 is 0 Å². The lowest BCUT2D eigenvalue weighted by Crippen LogP contribution is -1.91. The average Bonchev–Trinajstić information content (AvgIpc) is 3.24. The molecule has 0 atom stereocenters. The van der Waals surface area contributed by atoms with E-state index >= 15 is 0 Å². The van der Waals surface area contributed by atoms with Crippen molar-refractivity contribution in [2.45, 2.75) is 23.0 Å². The van der Waals surface area contributed by atoms with Gasteiger partial charge in [0, 0.05) is 28.1 Å². The zero-order valence-corrected chi connectivity index (χ0v) is 10.5. The molecule has 0 unspecified atom stereocenters. The van der Waals surface area contributed by atoms with Crippen LogP contribution in [0.4, 0.5) is 0 Å². The predicted octanol–water partition coefficient (Wildman–Crippen LogP) is 3.27. The fourth-order valence-corrected chi connectivity index (χ4v) is 2.79. The second-order valence-corrected chi connectivity index (χ2v) is 5.56. The lowest BCUT2D eigenvalue weighted by molar-refractivity contribution is 1.17. The van der Waals surface area contributed by atoms with Crippen LogP contribution in [0.25, 0.3) is 11.3 Å². The molecule has 2 heterocycles. The van der Waals surface area contributed by atoms with Gasteiger partial charge in [0.1, 0.15) is 6.07 Å². The van der Waals surface area contributed by atoms with Crippen molar-refractivity contribution in [3.63, 3.8) is 0 Å². The Kier molecular flexibility index (Phi) is 2.99. The van der Waals surface area contributed by atoms with Crippen LogP contribution in [0.2, 0.25) is 0 Å². The van der Waals surface area contributed by atoms with E-state index in [9.17, 15) is 0 Å². The number of aromatic nitrogens is 2. The van der Waals surface area contributed by atoms with Crippen molar-refractivity contribution >= 4 is 11.8 Å². The van der Waals surface area contributed by atoms with Gasteiger partial charge in [0.15, 0.2) is 5.69 Å². The number of hydrogen-bond acceptors (Lipinski definition) is 4. The number of rotatable bonds is 3. The summed E-state index contributed by atoms with van der Waals surface area (Å²) in [4.78, 5) is 9.52. The van der Waals surface area contributed by atoms with Gasteiger partial charge >= 0.3 is 0 Å². The fourth-order valence-electron chi connectivity index (χ4n) is 1.66. The van der Waals surface area contributed by atoms with Crippen LogP contribution >= 0.6 is 11.8 Å². The quantitative estimate of drug-likeness (QED) is 0.842. The molecule has 2 aromatic heterocycles. The summed E-state index contributed by atoms with van der Waals surface area (Å²) in [6, 6.07) is 9.97. The highest BCUT2D eigenvalue weighted by atomic mass is 32.2. The molecule has 88 valence electrons. The molecule has 0 saturated heterocycles. The first-order valence-corrected chi connectivity index (χ1v) is 6.73. The molecule has 4 heteroatoms. The van der Waals surface area contributed by atoms with Gasteiger partial charge in [-0.2, -0.15) is 5.26 Å². The summed E-state index contributed by atoms with van der Waals surface area (Å²) in [7, 11) is 0. The minimum Gasteiger partial charge on any atom is -0.256 e. The van der Waals surface area contributed by atoms with Crippen molar-refractivity contribution < 1.29 is 0 Å². The molecule has 3 rings (SSSR count). The van der Waals surface area contributed by atoms with Gasteiger partial charge in [-0.05, 0) is 31.0 Å². The Balaban J connectivity index is 1.99. The van der Waals surface area contributed by atoms with Gasteiger partial charge in [0.2, 0.25) is 0 Å². The summed E-state index contributed by atoms with van der Waals surface area (Å²) in [5.74, 6) is 0. The van der Waals surface area contributed by atoms with E-state index in [0.29, 0.717) is 10.9 Å². The second-order valence-electron chi connectivity index (χ2n) is 4.21. The molecule has 1 aliphatic rings. The number of hydrogen-bond donors (Lipinski definition) is 0. The molecular weight excluding hydrogens is 242 g/mol. The van der Waals surface area contributed by atoms with Crippen molar-refractivity contribution in [2.24, 2.45) is 0 Å². The predicted molar refractivity (Wildman–Crippen MR) is 71.1 cm³/mol. The van der Waals surface area contributed by atoms with Crippen molar-refractivity contribution in [3.8, 4) is 17.3 Å². The summed E-state index contributed by atoms with van der Waals surface area (Å²) < 4.78 is 0. The first kappa shape index (κ1) is 11.2. The van der Waals surface area contributed by atoms with E-state index in [0.717, 1.165) is 16.2 Å². The van der Waals surface area contributed by atoms with Crippen molar-refractivity contribution in [3.05, 3.63) is 42.4 Å². The van der Waals surface area contributed by atoms with Gasteiger partial charge in [-0.3, -0.25) is 4.98 Å². The standard InChI is InChI=1S/C14H11N3S/c15-8-13-14(18-11-4-5-11)7-10(9-17-13)12-3-1-2-6-16-12/h1-3,6-7,9,11H,4-5H2. The number of thioether (sulfide) groups is 1. The molecular formula is C14H11N3S. The van der Waals surface area contributed by atoms with Gasteiger partial charge in [0.25, 0.3) is 0 Å². The molecule has 2 aromatic rings. The smallest absolute Gasteiger partial charge is 0.154 e. The fraction of sp³-hybridized carbons (Fsp3) is 0.214. The highest BCUT2D eigenvalue weighted by molar-refractivity contribution is 8.00. The highest BCUT2D eigenvalue weighted by Crippen LogP contribution is 2.40. The first-order chi connectivity index (χ1) is 8.86. The Hall–Kier alpha value is -1.86. The zero-order chi connectivity index (χ0) is 12.4. The lowest BCUT2D eigenvalue weighted by Gasteiger charge is -2.05. The maximum atomic E-state index is 9.07. The van der Waals surface area contributed by atoms with E-state index in [1.807, 2.05) is 24.3 Å². The second kappa shape index (κ2) is 4.79. The largest absolute Gasteiger partial charge is 0.256 e. The number of nitrogens with zero attached hydrogens (tertiary/aromatic N) is 3. The minimum atomic E-state index is 0.520. The summed E-state index contributed by atoms with van der Waals surface area (Å²) in [6.07, 6.45) is 5.96. The number of pyridine rings is 2. The SMILES string of the molecule is N#Cc1ncc(-c2ccccn2)cc1SC1CC1. The van der Waals surface area contributed by atoms with E-state index < -0.39 is 0 Å². The van der Waals surface area contributed by atoms with Crippen LogP contribution in [0.15, 0.2) is 41.6 Å². The maximum Gasteiger partial charge on any atom is 0.154 e. The summed E-state index contributed by atoms with van der Waals surface area (Å²) in [5.41, 5.74) is 2.39. The Morgan fingerprint density at radius 1 is 1.28 bits per heavy atom. The first-order valence-electron chi connectivity index (χ1n) is 5.85. The molecule has 1 fully saturated rings. The lowest BCUT2D eigenvalue weighted by atomic mass is 10.2. The van der Waals surface area contributed by atoms with Crippen LogP contribution in [0.5, 0.6) is 0 Å². The normalized spacial score (nSPS) is 14.2. The molecule has 0 aromatic carbocycles. The minimum absolute atomic E-state index is 0.520. The average molecular weight is 253 g/mol. The molecule has 18 heavy (non-hydrogen) atoms. The topological polar surface area (TPSA) is 49.6 Å². The van der Waals surface area contributed by atoms with Crippen molar-refractivity contribution in [1.82, 2.24) is 9.97 Å². The van der Waals surface area contributed by atoms with E-state index in [1.54, 1.807) is 24.2 Å². The van der Waals surface area contributed by atoms with E-state index in [-0.39, 0.29) is 0 Å². The van der Waals surface area contributed by atoms with Crippen LogP contribution in [0.3, 0.4) is 0 Å². The molecule has 0 aliphatic heterocycles. The highest BCUT2D eigenvalue weighted by Gasteiger charge is 2.24. The Morgan fingerprint density at radius 2 is 2.17 bits per heavy atom. The van der Waals surface area contributed by atoms with Gasteiger partial charge in [-0.25, -0.2) is 4.98 Å². The molecule has 0 amide bonds. The van der Waals surface area contributed by atoms with Gasteiger partial charge in [0.05, 0.1) is 5.69 Å². The molecule has 1 saturated carbocycles. The Morgan fingerprint density at radius 3 is 2.83 bits per heavy atom.